The monoisotopic (exact) mass is 182 g/mol. The molecule has 0 aliphatic carbocycles. The summed E-state index contributed by atoms with van der Waals surface area (Å²) < 4.78 is 0. The normalized spacial score (nSPS) is 12.3. The smallest absolute Gasteiger partial charge is 0.239 e. The summed E-state index contributed by atoms with van der Waals surface area (Å²) in [6, 6.07) is 1.96. The van der Waals surface area contributed by atoms with E-state index in [2.05, 4.69) is 13.8 Å². The van der Waals surface area contributed by atoms with E-state index >= 15 is 0 Å². The van der Waals surface area contributed by atoms with Gasteiger partial charge in [-0.3, -0.25) is 4.79 Å². The molecule has 13 heavy (non-hydrogen) atoms. The molecule has 0 aliphatic heterocycles. The predicted octanol–water partition coefficient (Wildman–Crippen LogP) is 1.65. The first kappa shape index (κ1) is 12.0. The van der Waals surface area contributed by atoms with Crippen molar-refractivity contribution in [2.75, 3.05) is 13.1 Å². The van der Waals surface area contributed by atoms with Crippen molar-refractivity contribution < 1.29 is 4.79 Å². The van der Waals surface area contributed by atoms with Crippen molar-refractivity contribution in [3.8, 4) is 6.07 Å². The largest absolute Gasteiger partial charge is 0.342 e. The van der Waals surface area contributed by atoms with Crippen molar-refractivity contribution in [1.29, 1.82) is 5.26 Å². The van der Waals surface area contributed by atoms with Gasteiger partial charge in [-0.15, -0.1) is 0 Å². The molecule has 0 bridgehead atoms. The molecule has 0 aromatic carbocycles. The Morgan fingerprint density at radius 3 is 2.31 bits per heavy atom. The molecular formula is C10H18N2O. The van der Waals surface area contributed by atoms with E-state index in [1.165, 1.54) is 0 Å². The molecule has 74 valence electrons. The number of hydrogen-bond donors (Lipinski definition) is 0. The van der Waals surface area contributed by atoms with Gasteiger partial charge in [0.25, 0.3) is 0 Å². The van der Waals surface area contributed by atoms with Gasteiger partial charge in [0.15, 0.2) is 0 Å². The van der Waals surface area contributed by atoms with Gasteiger partial charge in [-0.25, -0.2) is 0 Å². The van der Waals surface area contributed by atoms with Gasteiger partial charge in [-0.05, 0) is 19.8 Å². The van der Waals surface area contributed by atoms with Crippen LogP contribution in [0.1, 0.15) is 27.7 Å². The zero-order chi connectivity index (χ0) is 10.4. The molecule has 0 N–H and O–H groups in total. The summed E-state index contributed by atoms with van der Waals surface area (Å²) in [6.07, 6.45) is 0. The van der Waals surface area contributed by atoms with Gasteiger partial charge < -0.3 is 4.90 Å². The highest BCUT2D eigenvalue weighted by Gasteiger charge is 2.18. The molecule has 0 aromatic rings. The first-order valence-electron chi connectivity index (χ1n) is 4.71. The lowest BCUT2D eigenvalue weighted by molar-refractivity contribution is -0.133. The maximum atomic E-state index is 11.5. The number of carbonyl (C=O) groups excluding carboxylic acids is 1. The Bertz CT molecular complexity index is 205. The number of amides is 1. The molecule has 0 radical (unpaired) electrons. The van der Waals surface area contributed by atoms with Crippen LogP contribution in [0.15, 0.2) is 0 Å². The molecule has 0 aromatic heterocycles. The van der Waals surface area contributed by atoms with E-state index in [1.807, 2.05) is 13.0 Å². The number of nitriles is 1. The lowest BCUT2D eigenvalue weighted by Crippen LogP contribution is -2.37. The van der Waals surface area contributed by atoms with Crippen molar-refractivity contribution in [3.05, 3.63) is 0 Å². The standard InChI is InChI=1S/C10H18N2O/c1-5-12(7-8(2)3)10(13)9(4)6-11/h8-9H,5,7H2,1-4H3. The van der Waals surface area contributed by atoms with Crippen molar-refractivity contribution >= 4 is 5.91 Å². The Balaban J connectivity index is 4.25. The van der Waals surface area contributed by atoms with Gasteiger partial charge in [0, 0.05) is 13.1 Å². The zero-order valence-corrected chi connectivity index (χ0v) is 8.87. The third kappa shape index (κ3) is 3.93. The number of carbonyl (C=O) groups is 1. The lowest BCUT2D eigenvalue weighted by Gasteiger charge is -2.23. The average Bonchev–Trinajstić information content (AvgIpc) is 2.11. The second kappa shape index (κ2) is 5.58. The fourth-order valence-electron chi connectivity index (χ4n) is 1.14. The first-order chi connectivity index (χ1) is 6.02. The van der Waals surface area contributed by atoms with E-state index in [0.29, 0.717) is 12.5 Å². The van der Waals surface area contributed by atoms with Crippen LogP contribution in [0.25, 0.3) is 0 Å². The van der Waals surface area contributed by atoms with Crippen LogP contribution in [0.5, 0.6) is 0 Å². The number of nitrogens with zero attached hydrogens (tertiary/aromatic N) is 2. The Kier molecular flexibility index (Phi) is 5.13. The van der Waals surface area contributed by atoms with Crippen molar-refractivity contribution in [2.24, 2.45) is 11.8 Å². The second-order valence-electron chi connectivity index (χ2n) is 3.62. The van der Waals surface area contributed by atoms with E-state index in [0.717, 1.165) is 6.54 Å². The fraction of sp³-hybridized carbons (Fsp3) is 0.800. The zero-order valence-electron chi connectivity index (χ0n) is 8.87. The fourth-order valence-corrected chi connectivity index (χ4v) is 1.14. The third-order valence-corrected chi connectivity index (χ3v) is 1.84. The van der Waals surface area contributed by atoms with E-state index < -0.39 is 5.92 Å². The first-order valence-corrected chi connectivity index (χ1v) is 4.71. The molecule has 0 aliphatic rings. The summed E-state index contributed by atoms with van der Waals surface area (Å²) >= 11 is 0. The molecule has 1 atom stereocenters. The Morgan fingerprint density at radius 2 is 2.00 bits per heavy atom. The van der Waals surface area contributed by atoms with Crippen LogP contribution in [0.4, 0.5) is 0 Å². The maximum Gasteiger partial charge on any atom is 0.239 e. The van der Waals surface area contributed by atoms with Crippen LogP contribution in [0.2, 0.25) is 0 Å². The molecule has 0 fully saturated rings. The highest BCUT2D eigenvalue weighted by atomic mass is 16.2. The van der Waals surface area contributed by atoms with Gasteiger partial charge in [-0.2, -0.15) is 5.26 Å². The molecule has 0 spiro atoms. The topological polar surface area (TPSA) is 44.1 Å². The summed E-state index contributed by atoms with van der Waals surface area (Å²) in [5.41, 5.74) is 0. The predicted molar refractivity (Wildman–Crippen MR) is 51.9 cm³/mol. The molecule has 0 saturated carbocycles. The third-order valence-electron chi connectivity index (χ3n) is 1.84. The molecule has 1 amide bonds. The summed E-state index contributed by atoms with van der Waals surface area (Å²) in [5, 5.41) is 8.59. The summed E-state index contributed by atoms with van der Waals surface area (Å²) in [6.45, 7) is 9.13. The van der Waals surface area contributed by atoms with Crippen molar-refractivity contribution in [2.45, 2.75) is 27.7 Å². The van der Waals surface area contributed by atoms with E-state index in [9.17, 15) is 4.79 Å². The number of hydrogen-bond acceptors (Lipinski definition) is 2. The van der Waals surface area contributed by atoms with Crippen LogP contribution in [0, 0.1) is 23.2 Å². The minimum absolute atomic E-state index is 0.0568. The van der Waals surface area contributed by atoms with Crippen LogP contribution >= 0.6 is 0 Å². The summed E-state index contributed by atoms with van der Waals surface area (Å²) in [4.78, 5) is 13.3. The minimum Gasteiger partial charge on any atom is -0.342 e. The van der Waals surface area contributed by atoms with Gasteiger partial charge in [0.05, 0.1) is 6.07 Å². The van der Waals surface area contributed by atoms with Gasteiger partial charge in [0.1, 0.15) is 5.92 Å². The Morgan fingerprint density at radius 1 is 1.46 bits per heavy atom. The maximum absolute atomic E-state index is 11.5. The molecular weight excluding hydrogens is 164 g/mol. The highest BCUT2D eigenvalue weighted by molar-refractivity contribution is 5.80. The van der Waals surface area contributed by atoms with Gasteiger partial charge >= 0.3 is 0 Å². The van der Waals surface area contributed by atoms with Gasteiger partial charge in [-0.1, -0.05) is 13.8 Å². The number of rotatable bonds is 4. The summed E-state index contributed by atoms with van der Waals surface area (Å²) in [7, 11) is 0. The van der Waals surface area contributed by atoms with Crippen LogP contribution in [0.3, 0.4) is 0 Å². The van der Waals surface area contributed by atoms with Crippen molar-refractivity contribution in [1.82, 2.24) is 4.90 Å². The van der Waals surface area contributed by atoms with Crippen LogP contribution in [-0.2, 0) is 4.79 Å². The molecule has 3 heteroatoms. The van der Waals surface area contributed by atoms with E-state index in [1.54, 1.807) is 11.8 Å². The molecule has 0 heterocycles. The SMILES string of the molecule is CCN(CC(C)C)C(=O)C(C)C#N. The van der Waals surface area contributed by atoms with Crippen molar-refractivity contribution in [3.63, 3.8) is 0 Å². The lowest BCUT2D eigenvalue weighted by atomic mass is 10.1. The Hall–Kier alpha value is -1.04. The van der Waals surface area contributed by atoms with Crippen LogP contribution < -0.4 is 0 Å². The molecule has 0 saturated heterocycles. The molecule has 1 unspecified atom stereocenters. The highest BCUT2D eigenvalue weighted by Crippen LogP contribution is 2.04. The van der Waals surface area contributed by atoms with Crippen LogP contribution in [-0.4, -0.2) is 23.9 Å². The average molecular weight is 182 g/mol. The molecule has 3 nitrogen and oxygen atoms in total. The quantitative estimate of drug-likeness (QED) is 0.663. The van der Waals surface area contributed by atoms with E-state index in [-0.39, 0.29) is 5.91 Å². The Labute approximate surface area is 80.3 Å². The molecule has 0 rings (SSSR count). The summed E-state index contributed by atoms with van der Waals surface area (Å²) in [5.74, 6) is -0.118. The minimum atomic E-state index is -0.515. The van der Waals surface area contributed by atoms with Gasteiger partial charge in [0.2, 0.25) is 5.91 Å². The second-order valence-corrected chi connectivity index (χ2v) is 3.62. The van der Waals surface area contributed by atoms with E-state index in [4.69, 9.17) is 5.26 Å².